The number of likely N-dealkylation sites (tertiary alicyclic amines) is 2. The summed E-state index contributed by atoms with van der Waals surface area (Å²) in [6.07, 6.45) is 8.32. The Kier molecular flexibility index (Phi) is 14.9. The molecule has 4 rings (SSSR count). The van der Waals surface area contributed by atoms with Crippen molar-refractivity contribution in [3.63, 3.8) is 0 Å². The van der Waals surface area contributed by atoms with Crippen LogP contribution in [0.4, 0.5) is 0 Å². The SMILES string of the molecule is CC(=NNC(=S)N1CCC(C)CC1)c1ccccn1.CC(=NNC(=S)N1CCC(C)CC1)c1ccccn1.[Bi+3]. The molecule has 0 amide bonds. The molecule has 2 aliphatic heterocycles. The van der Waals surface area contributed by atoms with Crippen molar-refractivity contribution >= 4 is 72.3 Å². The number of piperidine rings is 2. The molecule has 8 nitrogen and oxygen atoms in total. The molecule has 39 heavy (non-hydrogen) atoms. The largest absolute Gasteiger partial charge is 3.00 e. The van der Waals surface area contributed by atoms with Gasteiger partial charge in [-0.05, 0) is 100 Å². The summed E-state index contributed by atoms with van der Waals surface area (Å²) in [5.41, 5.74) is 9.36. The Morgan fingerprint density at radius 1 is 0.718 bits per heavy atom. The molecule has 0 bridgehead atoms. The van der Waals surface area contributed by atoms with Gasteiger partial charge in [-0.15, -0.1) is 0 Å². The van der Waals surface area contributed by atoms with E-state index in [0.717, 1.165) is 60.8 Å². The molecule has 0 aliphatic carbocycles. The Bertz CT molecular complexity index is 994. The molecular formula is C28H40BiN8S2+3. The summed E-state index contributed by atoms with van der Waals surface area (Å²) in [5.74, 6) is 1.61. The first-order chi connectivity index (χ1) is 18.3. The summed E-state index contributed by atoms with van der Waals surface area (Å²) in [6.45, 7) is 12.5. The molecule has 2 aromatic rings. The molecule has 2 aromatic heterocycles. The number of thiocarbonyl (C=S) groups is 2. The van der Waals surface area contributed by atoms with Crippen LogP contribution in [-0.2, 0) is 0 Å². The van der Waals surface area contributed by atoms with E-state index in [2.05, 4.69) is 54.7 Å². The maximum Gasteiger partial charge on any atom is 3.00 e. The fourth-order valence-electron chi connectivity index (χ4n) is 4.10. The van der Waals surface area contributed by atoms with Gasteiger partial charge in [0, 0.05) is 38.6 Å². The van der Waals surface area contributed by atoms with Crippen LogP contribution in [0, 0.1) is 11.8 Å². The first kappa shape index (κ1) is 33.1. The monoisotopic (exact) mass is 761 g/mol. The first-order valence-electron chi connectivity index (χ1n) is 13.3. The van der Waals surface area contributed by atoms with Crippen LogP contribution in [0.5, 0.6) is 0 Å². The van der Waals surface area contributed by atoms with Gasteiger partial charge in [0.2, 0.25) is 0 Å². The maximum absolute atomic E-state index is 5.37. The fraction of sp³-hybridized carbons (Fsp3) is 0.500. The van der Waals surface area contributed by atoms with Gasteiger partial charge in [0.05, 0.1) is 22.8 Å². The molecule has 0 spiro atoms. The van der Waals surface area contributed by atoms with Crippen molar-refractivity contribution in [2.45, 2.75) is 53.4 Å². The number of rotatable bonds is 4. The van der Waals surface area contributed by atoms with E-state index in [1.807, 2.05) is 50.2 Å². The Balaban J connectivity index is 0.000000267. The van der Waals surface area contributed by atoms with Crippen molar-refractivity contribution in [3.05, 3.63) is 60.2 Å². The first-order valence-corrected chi connectivity index (χ1v) is 14.2. The van der Waals surface area contributed by atoms with Crippen LogP contribution in [-0.4, -0.2) is 93.8 Å². The van der Waals surface area contributed by atoms with Crippen LogP contribution in [0.1, 0.15) is 64.8 Å². The third-order valence-electron chi connectivity index (χ3n) is 6.85. The van der Waals surface area contributed by atoms with E-state index < -0.39 is 0 Å². The van der Waals surface area contributed by atoms with Gasteiger partial charge in [-0.1, -0.05) is 26.0 Å². The molecule has 0 saturated carbocycles. The second kappa shape index (κ2) is 17.6. The minimum absolute atomic E-state index is 0. The molecule has 2 radical (unpaired) electrons. The van der Waals surface area contributed by atoms with Crippen molar-refractivity contribution in [2.75, 3.05) is 26.2 Å². The topological polar surface area (TPSA) is 81.0 Å². The summed E-state index contributed by atoms with van der Waals surface area (Å²) in [5, 5.41) is 10.0. The van der Waals surface area contributed by atoms with E-state index in [9.17, 15) is 0 Å². The van der Waals surface area contributed by atoms with Crippen LogP contribution in [0.25, 0.3) is 0 Å². The van der Waals surface area contributed by atoms with Gasteiger partial charge in [-0.25, -0.2) is 0 Å². The van der Waals surface area contributed by atoms with Crippen molar-refractivity contribution < 1.29 is 0 Å². The number of aromatic nitrogens is 2. The Hall–Kier alpha value is -2.10. The third-order valence-corrected chi connectivity index (χ3v) is 7.55. The molecule has 206 valence electrons. The van der Waals surface area contributed by atoms with Gasteiger partial charge in [-0.3, -0.25) is 20.8 Å². The number of hydrogen-bond acceptors (Lipinski definition) is 6. The number of nitrogens with zero attached hydrogens (tertiary/aromatic N) is 6. The van der Waals surface area contributed by atoms with Crippen LogP contribution < -0.4 is 10.9 Å². The second-order valence-corrected chi connectivity index (χ2v) is 10.8. The summed E-state index contributed by atoms with van der Waals surface area (Å²) >= 11 is 10.7. The fourth-order valence-corrected chi connectivity index (χ4v) is 4.55. The van der Waals surface area contributed by atoms with Gasteiger partial charge in [0.1, 0.15) is 0 Å². The molecule has 2 N–H and O–H groups in total. The Labute approximate surface area is 263 Å². The number of hydrazone groups is 2. The van der Waals surface area contributed by atoms with Gasteiger partial charge in [0.25, 0.3) is 0 Å². The third kappa shape index (κ3) is 11.5. The Morgan fingerprint density at radius 3 is 1.38 bits per heavy atom. The van der Waals surface area contributed by atoms with E-state index in [-0.39, 0.29) is 26.2 Å². The zero-order valence-corrected chi connectivity index (χ0v) is 28.5. The molecule has 4 heterocycles. The van der Waals surface area contributed by atoms with Crippen LogP contribution in [0.15, 0.2) is 59.0 Å². The minimum Gasteiger partial charge on any atom is -0.348 e. The molecule has 2 aliphatic rings. The van der Waals surface area contributed by atoms with Gasteiger partial charge in [0.15, 0.2) is 10.2 Å². The van der Waals surface area contributed by atoms with E-state index in [1.165, 1.54) is 25.7 Å². The normalized spacial score (nSPS) is 16.9. The molecular weight excluding hydrogens is 721 g/mol. The number of hydrogen-bond donors (Lipinski definition) is 2. The zero-order chi connectivity index (χ0) is 27.3. The smallest absolute Gasteiger partial charge is 0.348 e. The standard InChI is InChI=1S/2C14H20N4S.Bi/c2*1-11-6-9-18(10-7-11)14(19)17-16-12(2)13-5-3-4-8-15-13;/h2*3-5,8,11H,6-7,9-10H2,1-2H3,(H,17,19);/q;;+3. The molecule has 0 aromatic carbocycles. The quantitative estimate of drug-likeness (QED) is 0.205. The number of pyridine rings is 2. The van der Waals surface area contributed by atoms with E-state index in [0.29, 0.717) is 10.2 Å². The average molecular weight is 762 g/mol. The van der Waals surface area contributed by atoms with Crippen molar-refractivity contribution in [1.29, 1.82) is 0 Å². The summed E-state index contributed by atoms with van der Waals surface area (Å²) in [7, 11) is 0. The summed E-state index contributed by atoms with van der Waals surface area (Å²) in [4.78, 5) is 12.9. The second-order valence-electron chi connectivity index (χ2n) is 10.00. The van der Waals surface area contributed by atoms with Crippen LogP contribution in [0.3, 0.4) is 0 Å². The molecule has 2 fully saturated rings. The average Bonchev–Trinajstić information content (AvgIpc) is 2.96. The van der Waals surface area contributed by atoms with Gasteiger partial charge >= 0.3 is 26.2 Å². The van der Waals surface area contributed by atoms with Gasteiger partial charge < -0.3 is 9.80 Å². The van der Waals surface area contributed by atoms with Crippen molar-refractivity contribution in [3.8, 4) is 0 Å². The summed E-state index contributed by atoms with van der Waals surface area (Å²) < 4.78 is 0. The van der Waals surface area contributed by atoms with E-state index in [4.69, 9.17) is 24.4 Å². The van der Waals surface area contributed by atoms with Crippen LogP contribution in [0.2, 0.25) is 0 Å². The summed E-state index contributed by atoms with van der Waals surface area (Å²) in [6, 6.07) is 11.6. The van der Waals surface area contributed by atoms with Crippen molar-refractivity contribution in [1.82, 2.24) is 30.6 Å². The molecule has 0 unspecified atom stereocenters. The predicted molar refractivity (Wildman–Crippen MR) is 170 cm³/mol. The molecule has 11 heteroatoms. The molecule has 2 saturated heterocycles. The predicted octanol–water partition coefficient (Wildman–Crippen LogP) is 4.44. The maximum atomic E-state index is 5.37. The zero-order valence-electron chi connectivity index (χ0n) is 23.4. The number of nitrogens with one attached hydrogen (secondary N) is 2. The molecule has 0 atom stereocenters. The minimum atomic E-state index is 0. The van der Waals surface area contributed by atoms with Crippen molar-refractivity contribution in [2.24, 2.45) is 22.0 Å². The van der Waals surface area contributed by atoms with Gasteiger partial charge in [-0.2, -0.15) is 10.2 Å². The Morgan fingerprint density at radius 2 is 1.08 bits per heavy atom. The van der Waals surface area contributed by atoms with E-state index in [1.54, 1.807) is 12.4 Å². The van der Waals surface area contributed by atoms with Crippen LogP contribution >= 0.6 is 24.4 Å². The van der Waals surface area contributed by atoms with E-state index >= 15 is 0 Å².